The van der Waals surface area contributed by atoms with Gasteiger partial charge in [-0.3, -0.25) is 0 Å². The highest BCUT2D eigenvalue weighted by Crippen LogP contribution is 2.27. The summed E-state index contributed by atoms with van der Waals surface area (Å²) in [6.45, 7) is 2.13. The van der Waals surface area contributed by atoms with Crippen LogP contribution < -0.4 is 15.8 Å². The summed E-state index contributed by atoms with van der Waals surface area (Å²) >= 11 is 0. The first-order chi connectivity index (χ1) is 11.8. The maximum Gasteiger partial charge on any atom is 0.242 e. The molecule has 25 heavy (non-hydrogen) atoms. The Morgan fingerprint density at radius 3 is 2.48 bits per heavy atom. The number of hydrogen-bond acceptors (Lipinski definition) is 7. The smallest absolute Gasteiger partial charge is 0.242 e. The minimum absolute atomic E-state index is 0.152. The second-order valence-corrected chi connectivity index (χ2v) is 7.41. The molecule has 1 heterocycles. The first-order valence-electron chi connectivity index (χ1n) is 7.42. The van der Waals surface area contributed by atoms with Crippen LogP contribution in [0.3, 0.4) is 0 Å². The molecule has 1 aromatic heterocycles. The highest BCUT2D eigenvalue weighted by molar-refractivity contribution is 7.89. The van der Waals surface area contributed by atoms with E-state index in [4.69, 9.17) is 15.7 Å². The van der Waals surface area contributed by atoms with Crippen LogP contribution in [0.2, 0.25) is 0 Å². The standard InChI is InChI=1S/C16H19N5O3S/c1-4-24-16-13(10-17)14(18)9-15(20-16)19-11-5-7-12(8-6-11)25(22,23)21(2)3/h5-9H,4H2,1-3H3,(H3,18,19,20). The average molecular weight is 361 g/mol. The lowest BCUT2D eigenvalue weighted by atomic mass is 10.2. The Labute approximate surface area is 146 Å². The van der Waals surface area contributed by atoms with Crippen molar-refractivity contribution < 1.29 is 13.2 Å². The van der Waals surface area contributed by atoms with Gasteiger partial charge in [0.05, 0.1) is 17.2 Å². The lowest BCUT2D eigenvalue weighted by Crippen LogP contribution is -2.22. The summed E-state index contributed by atoms with van der Waals surface area (Å²) in [4.78, 5) is 4.41. The highest BCUT2D eigenvalue weighted by atomic mass is 32.2. The van der Waals surface area contributed by atoms with Crippen LogP contribution in [0.1, 0.15) is 12.5 Å². The molecule has 8 nitrogen and oxygen atoms in total. The number of pyridine rings is 1. The monoisotopic (exact) mass is 361 g/mol. The molecule has 0 aliphatic heterocycles. The molecule has 0 amide bonds. The lowest BCUT2D eigenvalue weighted by Gasteiger charge is -2.13. The normalized spacial score (nSPS) is 11.2. The maximum atomic E-state index is 12.1. The second-order valence-electron chi connectivity index (χ2n) is 5.26. The Balaban J connectivity index is 2.30. The fourth-order valence-electron chi connectivity index (χ4n) is 2.03. The van der Waals surface area contributed by atoms with Gasteiger partial charge in [-0.15, -0.1) is 0 Å². The topological polar surface area (TPSA) is 121 Å². The largest absolute Gasteiger partial charge is 0.477 e. The van der Waals surface area contributed by atoms with E-state index >= 15 is 0 Å². The van der Waals surface area contributed by atoms with E-state index in [1.54, 1.807) is 19.1 Å². The molecule has 0 atom stereocenters. The maximum absolute atomic E-state index is 12.1. The third-order valence-corrected chi connectivity index (χ3v) is 5.14. The molecule has 0 radical (unpaired) electrons. The van der Waals surface area contributed by atoms with Crippen molar-refractivity contribution in [3.05, 3.63) is 35.9 Å². The van der Waals surface area contributed by atoms with Crippen LogP contribution in [-0.2, 0) is 10.0 Å². The van der Waals surface area contributed by atoms with E-state index in [1.807, 2.05) is 6.07 Å². The molecule has 0 aliphatic rings. The number of ether oxygens (including phenoxy) is 1. The molecule has 9 heteroatoms. The number of sulfonamides is 1. The van der Waals surface area contributed by atoms with Crippen molar-refractivity contribution in [3.8, 4) is 11.9 Å². The third-order valence-electron chi connectivity index (χ3n) is 3.31. The number of nitrogens with one attached hydrogen (secondary N) is 1. The summed E-state index contributed by atoms with van der Waals surface area (Å²) < 4.78 is 30.6. The molecule has 3 N–H and O–H groups in total. The lowest BCUT2D eigenvalue weighted by molar-refractivity contribution is 0.326. The summed E-state index contributed by atoms with van der Waals surface area (Å²) in [5.41, 5.74) is 6.91. The molecule has 0 bridgehead atoms. The van der Waals surface area contributed by atoms with E-state index in [9.17, 15) is 8.42 Å². The Bertz CT molecular complexity index is 903. The van der Waals surface area contributed by atoms with Crippen molar-refractivity contribution in [2.45, 2.75) is 11.8 Å². The predicted molar refractivity (Wildman–Crippen MR) is 95.1 cm³/mol. The second kappa shape index (κ2) is 7.38. The van der Waals surface area contributed by atoms with Gasteiger partial charge in [0, 0.05) is 25.8 Å². The molecule has 0 spiro atoms. The number of anilines is 3. The first kappa shape index (κ1) is 18.5. The van der Waals surface area contributed by atoms with E-state index in [-0.39, 0.29) is 22.0 Å². The van der Waals surface area contributed by atoms with Gasteiger partial charge in [0.15, 0.2) is 0 Å². The summed E-state index contributed by atoms with van der Waals surface area (Å²) in [7, 11) is -0.538. The Kier molecular flexibility index (Phi) is 5.46. The van der Waals surface area contributed by atoms with Crippen molar-refractivity contribution >= 4 is 27.2 Å². The third kappa shape index (κ3) is 3.99. The number of aromatic nitrogens is 1. The molecule has 0 unspecified atom stereocenters. The molecule has 0 fully saturated rings. The molecule has 2 aromatic rings. The van der Waals surface area contributed by atoms with Crippen LogP contribution in [-0.4, -0.2) is 38.4 Å². The summed E-state index contributed by atoms with van der Waals surface area (Å²) in [5.74, 6) is 0.544. The molecule has 1 aromatic carbocycles. The number of nitrogen functional groups attached to an aromatic ring is 1. The quantitative estimate of drug-likeness (QED) is 0.806. The van der Waals surface area contributed by atoms with Gasteiger partial charge in [0.2, 0.25) is 15.9 Å². The average Bonchev–Trinajstić information content (AvgIpc) is 2.55. The van der Waals surface area contributed by atoms with Crippen molar-refractivity contribution in [2.75, 3.05) is 31.8 Å². The van der Waals surface area contributed by atoms with Gasteiger partial charge in [-0.25, -0.2) is 12.7 Å². The van der Waals surface area contributed by atoms with Crippen LogP contribution in [0.15, 0.2) is 35.2 Å². The molecule has 132 valence electrons. The van der Waals surface area contributed by atoms with Gasteiger partial charge < -0.3 is 15.8 Å². The van der Waals surface area contributed by atoms with Crippen LogP contribution in [0.25, 0.3) is 0 Å². The predicted octanol–water partition coefficient (Wildman–Crippen LogP) is 1.93. The minimum Gasteiger partial charge on any atom is -0.477 e. The molecular formula is C16H19N5O3S. The number of nitrogens with zero attached hydrogens (tertiary/aromatic N) is 3. The van der Waals surface area contributed by atoms with E-state index < -0.39 is 10.0 Å². The van der Waals surface area contributed by atoms with E-state index in [2.05, 4.69) is 10.3 Å². The van der Waals surface area contributed by atoms with E-state index in [0.29, 0.717) is 18.1 Å². The minimum atomic E-state index is -3.48. The van der Waals surface area contributed by atoms with Gasteiger partial charge in [-0.05, 0) is 31.2 Å². The van der Waals surface area contributed by atoms with Crippen LogP contribution in [0, 0.1) is 11.3 Å². The van der Waals surface area contributed by atoms with Crippen molar-refractivity contribution in [2.24, 2.45) is 0 Å². The van der Waals surface area contributed by atoms with E-state index in [1.165, 1.54) is 32.3 Å². The van der Waals surface area contributed by atoms with Crippen LogP contribution >= 0.6 is 0 Å². The van der Waals surface area contributed by atoms with E-state index in [0.717, 1.165) is 4.31 Å². The first-order valence-corrected chi connectivity index (χ1v) is 8.86. The summed E-state index contributed by atoms with van der Waals surface area (Å²) in [6.07, 6.45) is 0. The van der Waals surface area contributed by atoms with Gasteiger partial charge >= 0.3 is 0 Å². The molecular weight excluding hydrogens is 342 g/mol. The zero-order chi connectivity index (χ0) is 18.6. The van der Waals surface area contributed by atoms with Gasteiger partial charge in [-0.2, -0.15) is 10.2 Å². The fourth-order valence-corrected chi connectivity index (χ4v) is 2.93. The number of nitrogens with two attached hydrogens (primary N) is 1. The summed E-state index contributed by atoms with van der Waals surface area (Å²) in [5, 5.41) is 12.1. The van der Waals surface area contributed by atoms with Gasteiger partial charge in [0.25, 0.3) is 0 Å². The Hall–Kier alpha value is -2.83. The van der Waals surface area contributed by atoms with Crippen molar-refractivity contribution in [1.82, 2.24) is 9.29 Å². The number of rotatable bonds is 6. The molecule has 0 aliphatic carbocycles. The Morgan fingerprint density at radius 1 is 1.32 bits per heavy atom. The zero-order valence-corrected chi connectivity index (χ0v) is 15.0. The molecule has 0 saturated carbocycles. The van der Waals surface area contributed by atoms with Gasteiger partial charge in [-0.1, -0.05) is 0 Å². The molecule has 2 rings (SSSR count). The van der Waals surface area contributed by atoms with Crippen molar-refractivity contribution in [3.63, 3.8) is 0 Å². The fraction of sp³-hybridized carbons (Fsp3) is 0.250. The molecule has 0 saturated heterocycles. The number of benzene rings is 1. The van der Waals surface area contributed by atoms with Crippen LogP contribution in [0.5, 0.6) is 5.88 Å². The SMILES string of the molecule is CCOc1nc(Nc2ccc(S(=O)(=O)N(C)C)cc2)cc(N)c1C#N. The number of nitriles is 1. The highest BCUT2D eigenvalue weighted by Gasteiger charge is 2.17. The van der Waals surface area contributed by atoms with Crippen molar-refractivity contribution in [1.29, 1.82) is 5.26 Å². The van der Waals surface area contributed by atoms with Gasteiger partial charge in [0.1, 0.15) is 17.5 Å². The van der Waals surface area contributed by atoms with Crippen LogP contribution in [0.4, 0.5) is 17.2 Å². The zero-order valence-electron chi connectivity index (χ0n) is 14.1. The Morgan fingerprint density at radius 2 is 1.96 bits per heavy atom. The summed E-state index contributed by atoms with van der Waals surface area (Å²) in [6, 6.07) is 9.71. The number of hydrogen-bond donors (Lipinski definition) is 2.